The molecule has 3 rings (SSSR count). The van der Waals surface area contributed by atoms with E-state index in [0.29, 0.717) is 5.56 Å². The SMILES string of the molecule is CC(C)[C@@H](NC(=O)[C@@](F)(Cc1ccccc1)C(=O)NCc1ccccc1)C(=O)OCc1ccccc1. The summed E-state index contributed by atoms with van der Waals surface area (Å²) in [5.41, 5.74) is -0.928. The molecule has 0 saturated heterocycles. The maximum Gasteiger partial charge on any atom is 0.329 e. The second-order valence-electron chi connectivity index (χ2n) is 8.92. The first-order chi connectivity index (χ1) is 17.3. The fraction of sp³-hybridized carbons (Fsp3) is 0.276. The van der Waals surface area contributed by atoms with E-state index in [0.717, 1.165) is 11.1 Å². The minimum Gasteiger partial charge on any atom is -0.459 e. The fourth-order valence-corrected chi connectivity index (χ4v) is 3.63. The van der Waals surface area contributed by atoms with E-state index in [1.807, 2.05) is 24.3 Å². The van der Waals surface area contributed by atoms with Crippen LogP contribution in [0.1, 0.15) is 30.5 Å². The molecule has 0 saturated carbocycles. The summed E-state index contributed by atoms with van der Waals surface area (Å²) >= 11 is 0. The highest BCUT2D eigenvalue weighted by Gasteiger charge is 2.48. The Balaban J connectivity index is 1.76. The van der Waals surface area contributed by atoms with Crippen molar-refractivity contribution in [3.8, 4) is 0 Å². The summed E-state index contributed by atoms with van der Waals surface area (Å²) in [7, 11) is 0. The van der Waals surface area contributed by atoms with Crippen LogP contribution in [0.3, 0.4) is 0 Å². The predicted molar refractivity (Wildman–Crippen MR) is 135 cm³/mol. The van der Waals surface area contributed by atoms with Crippen molar-refractivity contribution in [2.24, 2.45) is 5.92 Å². The number of carbonyl (C=O) groups is 3. The lowest BCUT2D eigenvalue weighted by Gasteiger charge is -2.27. The third-order valence-electron chi connectivity index (χ3n) is 5.74. The van der Waals surface area contributed by atoms with E-state index in [9.17, 15) is 14.4 Å². The van der Waals surface area contributed by atoms with Crippen LogP contribution in [0.5, 0.6) is 0 Å². The lowest BCUT2D eigenvalue weighted by atomic mass is 9.92. The highest BCUT2D eigenvalue weighted by molar-refractivity contribution is 6.09. The third-order valence-corrected chi connectivity index (χ3v) is 5.74. The Bertz CT molecular complexity index is 1140. The molecule has 0 unspecified atom stereocenters. The van der Waals surface area contributed by atoms with Gasteiger partial charge in [0.05, 0.1) is 0 Å². The molecule has 0 aliphatic rings. The van der Waals surface area contributed by atoms with E-state index < -0.39 is 41.8 Å². The van der Waals surface area contributed by atoms with Crippen LogP contribution in [-0.4, -0.2) is 29.5 Å². The molecule has 7 heteroatoms. The van der Waals surface area contributed by atoms with Crippen molar-refractivity contribution in [3.05, 3.63) is 108 Å². The molecule has 2 amide bonds. The zero-order valence-electron chi connectivity index (χ0n) is 20.4. The Kier molecular flexibility index (Phi) is 9.33. The number of nitrogens with one attached hydrogen (secondary N) is 2. The normalized spacial score (nSPS) is 13.3. The standard InChI is InChI=1S/C29H31FN2O4/c1-21(2)25(26(33)36-20-24-16-10-5-11-17-24)32-28(35)29(30,18-22-12-6-3-7-13-22)27(34)31-19-23-14-8-4-9-15-23/h3-17,21,25H,18-20H2,1-2H3,(H,31,34)(H,32,35)/t25-,29-/m1/s1. The van der Waals surface area contributed by atoms with Gasteiger partial charge in [0.1, 0.15) is 12.6 Å². The smallest absolute Gasteiger partial charge is 0.329 e. The summed E-state index contributed by atoms with van der Waals surface area (Å²) in [6, 6.07) is 25.4. The molecule has 0 fully saturated rings. The van der Waals surface area contributed by atoms with E-state index in [-0.39, 0.29) is 13.2 Å². The van der Waals surface area contributed by atoms with Crippen LogP contribution in [-0.2, 0) is 38.7 Å². The number of esters is 1. The van der Waals surface area contributed by atoms with Crippen LogP contribution < -0.4 is 10.6 Å². The minimum atomic E-state index is -2.94. The molecule has 2 atom stereocenters. The molecule has 188 valence electrons. The van der Waals surface area contributed by atoms with Gasteiger partial charge in [-0.15, -0.1) is 0 Å². The van der Waals surface area contributed by atoms with Gasteiger partial charge >= 0.3 is 5.97 Å². The van der Waals surface area contributed by atoms with Crippen LogP contribution in [0.4, 0.5) is 4.39 Å². The molecule has 0 heterocycles. The van der Waals surface area contributed by atoms with E-state index in [1.54, 1.807) is 80.6 Å². The first-order valence-electron chi connectivity index (χ1n) is 11.9. The Morgan fingerprint density at radius 3 is 1.81 bits per heavy atom. The van der Waals surface area contributed by atoms with Crippen LogP contribution in [0.15, 0.2) is 91.0 Å². The second-order valence-corrected chi connectivity index (χ2v) is 8.92. The quantitative estimate of drug-likeness (QED) is 0.313. The minimum absolute atomic E-state index is 0.0150. The number of benzene rings is 3. The Labute approximate surface area is 210 Å². The summed E-state index contributed by atoms with van der Waals surface area (Å²) in [6.07, 6.45) is -0.482. The van der Waals surface area contributed by atoms with Crippen LogP contribution >= 0.6 is 0 Å². The summed E-state index contributed by atoms with van der Waals surface area (Å²) in [5, 5.41) is 4.97. The summed E-state index contributed by atoms with van der Waals surface area (Å²) < 4.78 is 21.7. The largest absolute Gasteiger partial charge is 0.459 e. The van der Waals surface area contributed by atoms with Gasteiger partial charge in [-0.05, 0) is 22.6 Å². The Morgan fingerprint density at radius 2 is 1.28 bits per heavy atom. The van der Waals surface area contributed by atoms with E-state index in [2.05, 4.69) is 10.6 Å². The topological polar surface area (TPSA) is 84.5 Å². The Hall–Kier alpha value is -4.00. The highest BCUT2D eigenvalue weighted by Crippen LogP contribution is 2.21. The van der Waals surface area contributed by atoms with Crippen molar-refractivity contribution < 1.29 is 23.5 Å². The zero-order chi connectivity index (χ0) is 26.0. The van der Waals surface area contributed by atoms with Crippen molar-refractivity contribution in [1.29, 1.82) is 0 Å². The lowest BCUT2D eigenvalue weighted by Crippen LogP contribution is -2.59. The first kappa shape index (κ1) is 26.6. The van der Waals surface area contributed by atoms with E-state index in [4.69, 9.17) is 4.74 Å². The van der Waals surface area contributed by atoms with Gasteiger partial charge < -0.3 is 15.4 Å². The molecule has 2 N–H and O–H groups in total. The fourth-order valence-electron chi connectivity index (χ4n) is 3.63. The van der Waals surface area contributed by atoms with Crippen molar-refractivity contribution >= 4 is 17.8 Å². The maximum atomic E-state index is 16.3. The molecule has 0 spiro atoms. The number of alkyl halides is 1. The van der Waals surface area contributed by atoms with Crippen molar-refractivity contribution in [3.63, 3.8) is 0 Å². The van der Waals surface area contributed by atoms with E-state index >= 15 is 4.39 Å². The zero-order valence-corrected chi connectivity index (χ0v) is 20.4. The maximum absolute atomic E-state index is 16.3. The number of halogens is 1. The van der Waals surface area contributed by atoms with Crippen LogP contribution in [0.25, 0.3) is 0 Å². The predicted octanol–water partition coefficient (Wildman–Crippen LogP) is 4.14. The lowest BCUT2D eigenvalue weighted by molar-refractivity contribution is -0.154. The molecule has 3 aromatic carbocycles. The van der Waals surface area contributed by atoms with Gasteiger partial charge in [0.2, 0.25) is 0 Å². The average Bonchev–Trinajstić information content (AvgIpc) is 2.90. The number of rotatable bonds is 11. The summed E-state index contributed by atoms with van der Waals surface area (Å²) in [5.74, 6) is -3.36. The summed E-state index contributed by atoms with van der Waals surface area (Å²) in [4.78, 5) is 39.1. The van der Waals surface area contributed by atoms with Gasteiger partial charge in [0.15, 0.2) is 0 Å². The molecule has 6 nitrogen and oxygen atoms in total. The molecule has 36 heavy (non-hydrogen) atoms. The molecular weight excluding hydrogens is 459 g/mol. The molecule has 0 aliphatic heterocycles. The van der Waals surface area contributed by atoms with Gasteiger partial charge in [-0.2, -0.15) is 0 Å². The third kappa shape index (κ3) is 7.25. The number of hydrogen-bond acceptors (Lipinski definition) is 4. The van der Waals surface area contributed by atoms with Crippen molar-refractivity contribution in [1.82, 2.24) is 10.6 Å². The number of ether oxygens (including phenoxy) is 1. The molecule has 0 aromatic heterocycles. The highest BCUT2D eigenvalue weighted by atomic mass is 19.1. The second kappa shape index (κ2) is 12.6. The van der Waals surface area contributed by atoms with Gasteiger partial charge in [-0.25, -0.2) is 9.18 Å². The van der Waals surface area contributed by atoms with Crippen LogP contribution in [0.2, 0.25) is 0 Å². The summed E-state index contributed by atoms with van der Waals surface area (Å²) in [6.45, 7) is 3.49. The number of hydrogen-bond donors (Lipinski definition) is 2. The number of carbonyl (C=O) groups excluding carboxylic acids is 3. The molecule has 0 bridgehead atoms. The molecular formula is C29H31FN2O4. The molecule has 0 aliphatic carbocycles. The first-order valence-corrected chi connectivity index (χ1v) is 11.9. The van der Waals surface area contributed by atoms with Gasteiger partial charge in [0, 0.05) is 13.0 Å². The van der Waals surface area contributed by atoms with Crippen molar-refractivity contribution in [2.75, 3.05) is 0 Å². The average molecular weight is 491 g/mol. The molecule has 0 radical (unpaired) electrons. The molecule has 3 aromatic rings. The Morgan fingerprint density at radius 1 is 0.778 bits per heavy atom. The number of amides is 2. The van der Waals surface area contributed by atoms with Gasteiger partial charge in [-0.3, -0.25) is 9.59 Å². The van der Waals surface area contributed by atoms with Gasteiger partial charge in [0.25, 0.3) is 17.5 Å². The van der Waals surface area contributed by atoms with E-state index in [1.165, 1.54) is 0 Å². The van der Waals surface area contributed by atoms with Crippen molar-refractivity contribution in [2.45, 2.75) is 45.1 Å². The van der Waals surface area contributed by atoms with Crippen LogP contribution in [0, 0.1) is 5.92 Å². The van der Waals surface area contributed by atoms with Gasteiger partial charge in [-0.1, -0.05) is 105 Å². The monoisotopic (exact) mass is 490 g/mol.